The molecule has 10 nitrogen and oxygen atoms in total. The van der Waals surface area contributed by atoms with Crippen LogP contribution >= 0.6 is 35.6 Å². The fourth-order valence-electron chi connectivity index (χ4n) is 2.72. The first-order valence-corrected chi connectivity index (χ1v) is 9.94. The summed E-state index contributed by atoms with van der Waals surface area (Å²) in [6.07, 6.45) is 0.528. The summed E-state index contributed by atoms with van der Waals surface area (Å²) in [5.41, 5.74) is 0.213. The highest BCUT2D eigenvalue weighted by Gasteiger charge is 2.41. The minimum Gasteiger partial charge on any atom is -0.481 e. The van der Waals surface area contributed by atoms with Gasteiger partial charge in [-0.25, -0.2) is 4.79 Å². The Bertz CT molecular complexity index is 1160. The van der Waals surface area contributed by atoms with E-state index >= 15 is 0 Å². The quantitative estimate of drug-likeness (QED) is 0.259. The molecule has 31 heavy (non-hydrogen) atoms. The molecule has 1 amide bonds. The molecule has 1 aromatic carbocycles. The van der Waals surface area contributed by atoms with Crippen LogP contribution in [-0.4, -0.2) is 48.2 Å². The van der Waals surface area contributed by atoms with E-state index in [1.807, 2.05) is 0 Å². The minimum absolute atomic E-state index is 0.0531. The molecule has 0 aliphatic carbocycles. The lowest BCUT2D eigenvalue weighted by atomic mass is 10.1. The summed E-state index contributed by atoms with van der Waals surface area (Å²) >= 11 is 12.0. The molecule has 0 radical (unpaired) electrons. The van der Waals surface area contributed by atoms with Gasteiger partial charge in [-0.05, 0) is 18.2 Å². The molecule has 1 fully saturated rings. The number of aliphatic carboxylic acids is 2. The van der Waals surface area contributed by atoms with Crippen molar-refractivity contribution in [2.45, 2.75) is 12.5 Å². The van der Waals surface area contributed by atoms with Gasteiger partial charge in [0.2, 0.25) is 0 Å². The number of carbonyl (C=O) groups excluding carboxylic acids is 1. The Morgan fingerprint density at radius 1 is 1.32 bits per heavy atom. The van der Waals surface area contributed by atoms with Gasteiger partial charge in [0.1, 0.15) is 21.9 Å². The summed E-state index contributed by atoms with van der Waals surface area (Å²) in [4.78, 5) is 46.1. The van der Waals surface area contributed by atoms with Crippen LogP contribution in [0.1, 0.15) is 12.2 Å². The van der Waals surface area contributed by atoms with Crippen molar-refractivity contribution in [1.29, 1.82) is 0 Å². The van der Waals surface area contributed by atoms with Crippen LogP contribution in [0, 0.1) is 10.1 Å². The molecule has 3 rings (SSSR count). The summed E-state index contributed by atoms with van der Waals surface area (Å²) in [5.74, 6) is -3.13. The number of nitro benzene ring substituents is 1. The summed E-state index contributed by atoms with van der Waals surface area (Å²) in [6.45, 7) is 0. The average molecular weight is 483 g/mol. The lowest BCUT2D eigenvalue weighted by molar-refractivity contribution is -0.384. The molecule has 0 bridgehead atoms. The number of halogens is 1. The number of furan rings is 1. The number of hydrogen-bond donors (Lipinski definition) is 2. The van der Waals surface area contributed by atoms with E-state index in [0.29, 0.717) is 5.56 Å². The highest BCUT2D eigenvalue weighted by molar-refractivity contribution is 8.26. The van der Waals surface area contributed by atoms with Crippen molar-refractivity contribution < 1.29 is 33.9 Å². The van der Waals surface area contributed by atoms with Crippen LogP contribution in [0.2, 0.25) is 5.02 Å². The van der Waals surface area contributed by atoms with Gasteiger partial charge in [0, 0.05) is 23.8 Å². The van der Waals surface area contributed by atoms with E-state index in [2.05, 4.69) is 0 Å². The molecular weight excluding hydrogens is 472 g/mol. The highest BCUT2D eigenvalue weighted by Crippen LogP contribution is 2.36. The summed E-state index contributed by atoms with van der Waals surface area (Å²) in [5, 5.41) is 29.1. The van der Waals surface area contributed by atoms with Crippen molar-refractivity contribution in [3.05, 3.63) is 56.1 Å². The van der Waals surface area contributed by atoms with Crippen LogP contribution < -0.4 is 0 Å². The number of amides is 1. The zero-order valence-corrected chi connectivity index (χ0v) is 17.6. The molecule has 160 valence electrons. The number of thiocarbonyl (C=S) groups is 1. The zero-order valence-electron chi connectivity index (χ0n) is 15.2. The van der Waals surface area contributed by atoms with Crippen molar-refractivity contribution in [3.63, 3.8) is 0 Å². The maximum Gasteiger partial charge on any atom is 0.327 e. The number of carboxylic acid groups (broad SMARTS) is 2. The molecule has 13 heteroatoms. The fourth-order valence-corrected chi connectivity index (χ4v) is 4.33. The standard InChI is InChI=1S/C18H11ClN2O8S2/c19-11-5-8(21(27)28)1-3-10(11)13-4-2-9(29-13)6-14-16(24)20(18(30)31-14)12(17(25)26)7-15(22)23/h1-6,12H,7H2,(H,22,23)(H,25,26). The van der Waals surface area contributed by atoms with Crippen molar-refractivity contribution >= 4 is 69.5 Å². The van der Waals surface area contributed by atoms with Gasteiger partial charge in [-0.1, -0.05) is 35.6 Å². The number of benzene rings is 1. The van der Waals surface area contributed by atoms with Crippen molar-refractivity contribution in [1.82, 2.24) is 4.90 Å². The first kappa shape index (κ1) is 22.5. The van der Waals surface area contributed by atoms with Crippen LogP contribution in [0.5, 0.6) is 0 Å². The lowest BCUT2D eigenvalue weighted by Gasteiger charge is -2.21. The second-order valence-electron chi connectivity index (χ2n) is 6.13. The van der Waals surface area contributed by atoms with Crippen LogP contribution in [-0.2, 0) is 14.4 Å². The molecule has 1 aliphatic rings. The highest BCUT2D eigenvalue weighted by atomic mass is 35.5. The molecule has 1 saturated heterocycles. The molecule has 1 aromatic heterocycles. The Morgan fingerprint density at radius 3 is 2.61 bits per heavy atom. The molecule has 2 N–H and O–H groups in total. The Morgan fingerprint density at radius 2 is 2.03 bits per heavy atom. The number of nitro groups is 1. The Kier molecular flexibility index (Phi) is 6.43. The van der Waals surface area contributed by atoms with Gasteiger partial charge in [0.05, 0.1) is 21.3 Å². The van der Waals surface area contributed by atoms with Crippen molar-refractivity contribution in [2.75, 3.05) is 0 Å². The molecule has 1 unspecified atom stereocenters. The number of hydrogen-bond acceptors (Lipinski definition) is 8. The predicted octanol–water partition coefficient (Wildman–Crippen LogP) is 3.64. The maximum absolute atomic E-state index is 12.6. The van der Waals surface area contributed by atoms with Gasteiger partial charge in [0.15, 0.2) is 0 Å². The topological polar surface area (TPSA) is 151 Å². The Balaban J connectivity index is 1.87. The summed E-state index contributed by atoms with van der Waals surface area (Å²) < 4.78 is 5.55. The number of non-ortho nitro benzene ring substituents is 1. The van der Waals surface area contributed by atoms with Crippen LogP contribution in [0.15, 0.2) is 39.7 Å². The monoisotopic (exact) mass is 482 g/mol. The Hall–Kier alpha value is -3.22. The number of thioether (sulfide) groups is 1. The van der Waals surface area contributed by atoms with Gasteiger partial charge in [0.25, 0.3) is 11.6 Å². The van der Waals surface area contributed by atoms with E-state index in [1.54, 1.807) is 6.07 Å². The lowest BCUT2D eigenvalue weighted by Crippen LogP contribution is -2.45. The van der Waals surface area contributed by atoms with E-state index in [1.165, 1.54) is 30.3 Å². The third-order valence-corrected chi connectivity index (χ3v) is 5.76. The normalized spacial score (nSPS) is 16.0. The van der Waals surface area contributed by atoms with Gasteiger partial charge in [-0.3, -0.25) is 24.6 Å². The molecule has 1 atom stereocenters. The summed E-state index contributed by atoms with van der Waals surface area (Å²) in [7, 11) is 0. The summed E-state index contributed by atoms with van der Waals surface area (Å²) in [6, 6.07) is 5.30. The predicted molar refractivity (Wildman–Crippen MR) is 114 cm³/mol. The van der Waals surface area contributed by atoms with Gasteiger partial charge < -0.3 is 14.6 Å². The van der Waals surface area contributed by atoms with Gasteiger partial charge >= 0.3 is 11.9 Å². The zero-order chi connectivity index (χ0) is 22.9. The molecule has 2 heterocycles. The number of nitrogens with zero attached hydrogens (tertiary/aromatic N) is 2. The van der Waals surface area contributed by atoms with E-state index in [9.17, 15) is 29.6 Å². The maximum atomic E-state index is 12.6. The third kappa shape index (κ3) is 4.76. The largest absolute Gasteiger partial charge is 0.481 e. The van der Waals surface area contributed by atoms with Crippen molar-refractivity contribution in [2.24, 2.45) is 0 Å². The van der Waals surface area contributed by atoms with Crippen LogP contribution in [0.4, 0.5) is 5.69 Å². The molecule has 0 saturated carbocycles. The van der Waals surface area contributed by atoms with E-state index in [4.69, 9.17) is 33.3 Å². The second kappa shape index (κ2) is 8.88. The van der Waals surface area contributed by atoms with Crippen molar-refractivity contribution in [3.8, 4) is 11.3 Å². The van der Waals surface area contributed by atoms with Gasteiger partial charge in [-0.15, -0.1) is 0 Å². The van der Waals surface area contributed by atoms with E-state index in [0.717, 1.165) is 16.7 Å². The third-order valence-electron chi connectivity index (χ3n) is 4.12. The number of rotatable bonds is 7. The first-order valence-electron chi connectivity index (χ1n) is 8.34. The fraction of sp³-hybridized carbons (Fsp3) is 0.111. The molecule has 2 aromatic rings. The number of carbonyl (C=O) groups is 3. The molecule has 1 aliphatic heterocycles. The average Bonchev–Trinajstić information content (AvgIpc) is 3.24. The van der Waals surface area contributed by atoms with E-state index in [-0.39, 0.29) is 31.5 Å². The number of carboxylic acids is 2. The molecular formula is C18H11ClN2O8S2. The van der Waals surface area contributed by atoms with Crippen LogP contribution in [0.25, 0.3) is 17.4 Å². The van der Waals surface area contributed by atoms with E-state index < -0.39 is 35.2 Å². The Labute approximate surface area is 188 Å². The van der Waals surface area contributed by atoms with Gasteiger partial charge in [-0.2, -0.15) is 0 Å². The molecule has 0 spiro atoms. The van der Waals surface area contributed by atoms with Crippen LogP contribution in [0.3, 0.4) is 0 Å². The SMILES string of the molecule is O=C(O)CC(C(=O)O)N1C(=O)C(=Cc2ccc(-c3ccc([N+](=O)[O-])cc3Cl)o2)SC1=S. The minimum atomic E-state index is -1.64. The first-order chi connectivity index (χ1) is 14.6. The smallest absolute Gasteiger partial charge is 0.327 e. The second-order valence-corrected chi connectivity index (χ2v) is 8.21.